The second kappa shape index (κ2) is 7.13. The van der Waals surface area contributed by atoms with E-state index >= 15 is 0 Å². The van der Waals surface area contributed by atoms with Crippen molar-refractivity contribution in [1.82, 2.24) is 10.3 Å². The predicted octanol–water partition coefficient (Wildman–Crippen LogP) is 3.81. The Morgan fingerprint density at radius 1 is 1.15 bits per heavy atom. The second-order valence-corrected chi connectivity index (χ2v) is 7.65. The van der Waals surface area contributed by atoms with Crippen LogP contribution in [-0.4, -0.2) is 29.2 Å². The van der Waals surface area contributed by atoms with E-state index in [9.17, 15) is 4.79 Å². The number of nitrogens with zero attached hydrogens (tertiary/aromatic N) is 1. The molecule has 0 saturated heterocycles. The molecule has 4 rings (SSSR count). The molecular formula is C19H17N3O3S2. The number of hydrogen-bond donors (Lipinski definition) is 2. The average Bonchev–Trinajstić information content (AvgIpc) is 3.03. The minimum atomic E-state index is -0.322. The molecule has 1 amide bonds. The van der Waals surface area contributed by atoms with Gasteiger partial charge < -0.3 is 14.8 Å². The molecule has 0 saturated carbocycles. The molecule has 27 heavy (non-hydrogen) atoms. The summed E-state index contributed by atoms with van der Waals surface area (Å²) in [6.07, 6.45) is 0. The maximum absolute atomic E-state index is 12.5. The van der Waals surface area contributed by atoms with Gasteiger partial charge in [0.2, 0.25) is 0 Å². The van der Waals surface area contributed by atoms with Crippen molar-refractivity contribution in [2.24, 2.45) is 0 Å². The van der Waals surface area contributed by atoms with Crippen LogP contribution in [0.4, 0.5) is 5.13 Å². The molecule has 1 aromatic heterocycles. The predicted molar refractivity (Wildman–Crippen MR) is 110 cm³/mol. The summed E-state index contributed by atoms with van der Waals surface area (Å²) in [4.78, 5) is 17.0. The van der Waals surface area contributed by atoms with Crippen LogP contribution in [0.2, 0.25) is 0 Å². The molecule has 1 aliphatic rings. The molecule has 8 heteroatoms. The Morgan fingerprint density at radius 3 is 2.74 bits per heavy atom. The Labute approximate surface area is 165 Å². The first-order valence-corrected chi connectivity index (χ1v) is 9.62. The van der Waals surface area contributed by atoms with E-state index in [0.717, 1.165) is 15.8 Å². The van der Waals surface area contributed by atoms with Crippen LogP contribution in [0, 0.1) is 13.8 Å². The van der Waals surface area contributed by atoms with Crippen molar-refractivity contribution in [3.8, 4) is 11.5 Å². The van der Waals surface area contributed by atoms with Crippen molar-refractivity contribution in [3.63, 3.8) is 0 Å². The number of amides is 1. The maximum atomic E-state index is 12.5. The van der Waals surface area contributed by atoms with E-state index in [1.807, 2.05) is 6.92 Å². The molecule has 2 heterocycles. The Kier molecular flexibility index (Phi) is 4.67. The number of aromatic nitrogens is 1. The standard InChI is InChI=1S/C19H17N3O3S2/c1-10-7-11(2)16-15(8-10)27-19(20-16)22-18(26)21-17(23)12-3-4-13-14(9-12)25-6-5-24-13/h3-4,7-9H,5-6H2,1-2H3,(H2,20,21,22,23,26). The fourth-order valence-corrected chi connectivity index (χ4v) is 4.21. The van der Waals surface area contributed by atoms with Gasteiger partial charge in [-0.05, 0) is 61.5 Å². The van der Waals surface area contributed by atoms with Gasteiger partial charge >= 0.3 is 0 Å². The number of anilines is 1. The smallest absolute Gasteiger partial charge is 0.257 e. The van der Waals surface area contributed by atoms with Gasteiger partial charge in [0.1, 0.15) is 13.2 Å². The molecule has 3 aromatic rings. The summed E-state index contributed by atoms with van der Waals surface area (Å²) in [6, 6.07) is 9.22. The maximum Gasteiger partial charge on any atom is 0.257 e. The molecule has 1 aliphatic heterocycles. The Balaban J connectivity index is 1.46. The molecule has 0 atom stereocenters. The first kappa shape index (κ1) is 17.7. The van der Waals surface area contributed by atoms with E-state index in [0.29, 0.717) is 35.4 Å². The lowest BCUT2D eigenvalue weighted by molar-refractivity contribution is 0.0976. The molecule has 0 fully saturated rings. The van der Waals surface area contributed by atoms with Crippen LogP contribution in [0.1, 0.15) is 21.5 Å². The second-order valence-electron chi connectivity index (χ2n) is 6.21. The summed E-state index contributed by atoms with van der Waals surface area (Å²) in [5.74, 6) is 0.876. The number of carbonyl (C=O) groups is 1. The average molecular weight is 399 g/mol. The van der Waals surface area contributed by atoms with Crippen LogP contribution in [0.5, 0.6) is 11.5 Å². The monoisotopic (exact) mass is 399 g/mol. The van der Waals surface area contributed by atoms with Crippen LogP contribution < -0.4 is 20.1 Å². The zero-order valence-electron chi connectivity index (χ0n) is 14.8. The van der Waals surface area contributed by atoms with E-state index in [2.05, 4.69) is 34.7 Å². The first-order chi connectivity index (χ1) is 13.0. The van der Waals surface area contributed by atoms with Gasteiger partial charge in [-0.25, -0.2) is 4.98 Å². The number of carbonyl (C=O) groups excluding carboxylic acids is 1. The molecule has 0 unspecified atom stereocenters. The SMILES string of the molecule is Cc1cc(C)c2nc(NC(=S)NC(=O)c3ccc4c(c3)OCCO4)sc2c1. The summed E-state index contributed by atoms with van der Waals surface area (Å²) in [7, 11) is 0. The lowest BCUT2D eigenvalue weighted by Gasteiger charge is -2.18. The zero-order chi connectivity index (χ0) is 19.0. The van der Waals surface area contributed by atoms with Crippen LogP contribution in [0.25, 0.3) is 10.2 Å². The zero-order valence-corrected chi connectivity index (χ0v) is 16.4. The molecular weight excluding hydrogens is 382 g/mol. The van der Waals surface area contributed by atoms with E-state index in [-0.39, 0.29) is 11.0 Å². The minimum absolute atomic E-state index is 0.198. The van der Waals surface area contributed by atoms with Gasteiger partial charge in [0.25, 0.3) is 5.91 Å². The summed E-state index contributed by atoms with van der Waals surface area (Å²) in [6.45, 7) is 5.06. The third-order valence-electron chi connectivity index (χ3n) is 4.08. The third-order valence-corrected chi connectivity index (χ3v) is 5.20. The van der Waals surface area contributed by atoms with Crippen LogP contribution in [-0.2, 0) is 0 Å². The number of nitrogens with one attached hydrogen (secondary N) is 2. The Bertz CT molecular complexity index is 1060. The summed E-state index contributed by atoms with van der Waals surface area (Å²) in [5.41, 5.74) is 3.68. The van der Waals surface area contributed by atoms with Crippen molar-refractivity contribution in [1.29, 1.82) is 0 Å². The van der Waals surface area contributed by atoms with E-state index < -0.39 is 0 Å². The molecule has 2 N–H and O–H groups in total. The highest BCUT2D eigenvalue weighted by Gasteiger charge is 2.16. The topological polar surface area (TPSA) is 72.5 Å². The molecule has 0 radical (unpaired) electrons. The Morgan fingerprint density at radius 2 is 1.93 bits per heavy atom. The third kappa shape index (κ3) is 3.72. The molecule has 138 valence electrons. The largest absolute Gasteiger partial charge is 0.486 e. The first-order valence-electron chi connectivity index (χ1n) is 8.39. The molecule has 0 spiro atoms. The number of fused-ring (bicyclic) bond motifs is 2. The van der Waals surface area contributed by atoms with Crippen molar-refractivity contribution in [2.75, 3.05) is 18.5 Å². The van der Waals surface area contributed by atoms with Gasteiger partial charge in [-0.1, -0.05) is 17.4 Å². The number of aryl methyl sites for hydroxylation is 2. The molecule has 6 nitrogen and oxygen atoms in total. The summed E-state index contributed by atoms with van der Waals surface area (Å²) >= 11 is 6.76. The van der Waals surface area contributed by atoms with E-state index in [4.69, 9.17) is 21.7 Å². The highest BCUT2D eigenvalue weighted by molar-refractivity contribution is 7.80. The van der Waals surface area contributed by atoms with Gasteiger partial charge in [0, 0.05) is 5.56 Å². The minimum Gasteiger partial charge on any atom is -0.486 e. The lowest BCUT2D eigenvalue weighted by Crippen LogP contribution is -2.34. The van der Waals surface area contributed by atoms with Gasteiger partial charge in [-0.3, -0.25) is 10.1 Å². The van der Waals surface area contributed by atoms with Crippen LogP contribution in [0.3, 0.4) is 0 Å². The van der Waals surface area contributed by atoms with Crippen molar-refractivity contribution in [2.45, 2.75) is 13.8 Å². The number of benzene rings is 2. The highest BCUT2D eigenvalue weighted by atomic mass is 32.1. The quantitative estimate of drug-likeness (QED) is 0.639. The number of thiocarbonyl (C=S) groups is 1. The van der Waals surface area contributed by atoms with Crippen molar-refractivity contribution < 1.29 is 14.3 Å². The summed E-state index contributed by atoms with van der Waals surface area (Å²) < 4.78 is 12.1. The van der Waals surface area contributed by atoms with Crippen LogP contribution >= 0.6 is 23.6 Å². The fraction of sp³-hybridized carbons (Fsp3) is 0.211. The lowest BCUT2D eigenvalue weighted by atomic mass is 10.1. The van der Waals surface area contributed by atoms with Gasteiger partial charge in [-0.15, -0.1) is 0 Å². The fourth-order valence-electron chi connectivity index (χ4n) is 2.91. The van der Waals surface area contributed by atoms with E-state index in [1.165, 1.54) is 16.9 Å². The Hall–Kier alpha value is -2.71. The highest BCUT2D eigenvalue weighted by Crippen LogP contribution is 2.31. The van der Waals surface area contributed by atoms with Crippen molar-refractivity contribution in [3.05, 3.63) is 47.0 Å². The summed E-state index contributed by atoms with van der Waals surface area (Å²) in [5, 5.41) is 6.51. The molecule has 2 aromatic carbocycles. The van der Waals surface area contributed by atoms with Gasteiger partial charge in [0.05, 0.1) is 10.2 Å². The normalized spacial score (nSPS) is 12.7. The number of ether oxygens (including phenoxy) is 2. The number of hydrogen-bond acceptors (Lipinski definition) is 6. The number of thiazole rings is 1. The molecule has 0 aliphatic carbocycles. The van der Waals surface area contributed by atoms with E-state index in [1.54, 1.807) is 18.2 Å². The van der Waals surface area contributed by atoms with Crippen molar-refractivity contribution >= 4 is 49.9 Å². The van der Waals surface area contributed by atoms with Gasteiger partial charge in [0.15, 0.2) is 21.7 Å². The van der Waals surface area contributed by atoms with Gasteiger partial charge in [-0.2, -0.15) is 0 Å². The number of rotatable bonds is 2. The van der Waals surface area contributed by atoms with Crippen LogP contribution in [0.15, 0.2) is 30.3 Å². The molecule has 0 bridgehead atoms.